The van der Waals surface area contributed by atoms with Crippen LogP contribution in [-0.2, 0) is 16.4 Å². The molecular formula is C42H40NO2PS. The molecule has 0 spiro atoms. The van der Waals surface area contributed by atoms with Crippen molar-refractivity contribution in [1.29, 1.82) is 0 Å². The van der Waals surface area contributed by atoms with Crippen LogP contribution in [0.25, 0.3) is 10.8 Å². The van der Waals surface area contributed by atoms with Crippen LogP contribution in [0.5, 0.6) is 11.5 Å². The van der Waals surface area contributed by atoms with Crippen molar-refractivity contribution in [1.82, 2.24) is 4.72 Å². The zero-order chi connectivity index (χ0) is 32.8. The Bertz CT molecular complexity index is 2040. The molecule has 1 aliphatic rings. The van der Waals surface area contributed by atoms with Crippen LogP contribution in [-0.4, -0.2) is 8.96 Å². The third-order valence-corrected chi connectivity index (χ3v) is 13.1. The predicted octanol–water partition coefficient (Wildman–Crippen LogP) is 9.17. The van der Waals surface area contributed by atoms with Crippen LogP contribution in [0.2, 0.25) is 0 Å². The molecule has 0 bridgehead atoms. The van der Waals surface area contributed by atoms with Gasteiger partial charge in [0.2, 0.25) is 0 Å². The van der Waals surface area contributed by atoms with Crippen molar-refractivity contribution in [2.45, 2.75) is 50.8 Å². The summed E-state index contributed by atoms with van der Waals surface area (Å²) in [6.07, 6.45) is 0. The molecule has 0 unspecified atom stereocenters. The van der Waals surface area contributed by atoms with E-state index < -0.39 is 23.7 Å². The third-order valence-electron chi connectivity index (χ3n) is 9.09. The molecule has 0 aromatic heterocycles. The number of hydrogen-bond acceptors (Lipinski definition) is 2. The van der Waals surface area contributed by atoms with E-state index in [-0.39, 0.29) is 11.5 Å². The van der Waals surface area contributed by atoms with Crippen molar-refractivity contribution in [2.75, 3.05) is 0 Å². The Balaban J connectivity index is 1.45. The molecule has 47 heavy (non-hydrogen) atoms. The zero-order valence-electron chi connectivity index (χ0n) is 27.5. The SMILES string of the molecule is CC1(C)c2cccc([C@H](N[S@](=O)C(C)(C)C)c3cccc4ccccc34)c2Oc2c(P(c3ccccc3)c3ccccc3)cccc21. The van der Waals surface area contributed by atoms with Crippen LogP contribution in [0.4, 0.5) is 0 Å². The highest BCUT2D eigenvalue weighted by atomic mass is 32.2. The quantitative estimate of drug-likeness (QED) is 0.175. The first kappa shape index (κ1) is 31.5. The van der Waals surface area contributed by atoms with E-state index in [1.807, 2.05) is 20.8 Å². The van der Waals surface area contributed by atoms with Crippen molar-refractivity contribution in [3.8, 4) is 11.5 Å². The summed E-state index contributed by atoms with van der Waals surface area (Å²) in [5, 5.41) is 6.02. The fraction of sp³-hybridized carbons (Fsp3) is 0.190. The minimum atomic E-state index is -1.34. The summed E-state index contributed by atoms with van der Waals surface area (Å²) >= 11 is 0. The summed E-state index contributed by atoms with van der Waals surface area (Å²) in [7, 11) is -2.24. The lowest BCUT2D eigenvalue weighted by Gasteiger charge is -2.38. The van der Waals surface area contributed by atoms with Gasteiger partial charge in [-0.15, -0.1) is 0 Å². The largest absolute Gasteiger partial charge is 0.456 e. The van der Waals surface area contributed by atoms with Crippen LogP contribution in [0.1, 0.15) is 62.9 Å². The van der Waals surface area contributed by atoms with Gasteiger partial charge in [-0.3, -0.25) is 0 Å². The van der Waals surface area contributed by atoms with Gasteiger partial charge >= 0.3 is 0 Å². The summed E-state index contributed by atoms with van der Waals surface area (Å²) in [4.78, 5) is 0. The maximum absolute atomic E-state index is 13.9. The molecule has 0 amide bonds. The number of benzene rings is 6. The molecule has 1 N–H and O–H groups in total. The van der Waals surface area contributed by atoms with Crippen molar-refractivity contribution in [3.63, 3.8) is 0 Å². The number of ether oxygens (including phenoxy) is 1. The summed E-state index contributed by atoms with van der Waals surface area (Å²) in [5.74, 6) is 1.76. The molecule has 7 rings (SSSR count). The Morgan fingerprint density at radius 2 is 1.17 bits per heavy atom. The van der Waals surface area contributed by atoms with Crippen molar-refractivity contribution < 1.29 is 8.95 Å². The fourth-order valence-corrected chi connectivity index (χ4v) is 9.82. The first-order valence-electron chi connectivity index (χ1n) is 16.2. The second-order valence-corrected chi connectivity index (χ2v) is 17.8. The predicted molar refractivity (Wildman–Crippen MR) is 201 cm³/mol. The summed E-state index contributed by atoms with van der Waals surface area (Å²) in [5.41, 5.74) is 4.01. The Kier molecular flexibility index (Phi) is 8.39. The lowest BCUT2D eigenvalue weighted by atomic mass is 9.74. The Hall–Kier alpha value is -4.08. The molecule has 0 aliphatic carbocycles. The number of fused-ring (bicyclic) bond motifs is 3. The van der Waals surface area contributed by atoms with Gasteiger partial charge < -0.3 is 4.74 Å². The lowest BCUT2D eigenvalue weighted by Crippen LogP contribution is -2.37. The maximum atomic E-state index is 13.9. The van der Waals surface area contributed by atoms with Gasteiger partial charge in [-0.1, -0.05) is 153 Å². The van der Waals surface area contributed by atoms with Gasteiger partial charge in [0.1, 0.15) is 11.5 Å². The average molecular weight is 654 g/mol. The van der Waals surface area contributed by atoms with E-state index in [2.05, 4.69) is 158 Å². The summed E-state index contributed by atoms with van der Waals surface area (Å²) < 4.78 is 24.2. The van der Waals surface area contributed by atoms with E-state index in [4.69, 9.17) is 4.74 Å². The minimum Gasteiger partial charge on any atom is -0.456 e. The second kappa shape index (κ2) is 12.5. The van der Waals surface area contributed by atoms with Crippen LogP contribution < -0.4 is 25.4 Å². The monoisotopic (exact) mass is 653 g/mol. The number of rotatable bonds is 7. The highest BCUT2D eigenvalue weighted by Gasteiger charge is 2.39. The summed E-state index contributed by atoms with van der Waals surface area (Å²) in [6, 6.07) is 49.1. The molecule has 0 saturated carbocycles. The van der Waals surface area contributed by atoms with Crippen LogP contribution in [0.15, 0.2) is 140 Å². The van der Waals surface area contributed by atoms with E-state index in [0.29, 0.717) is 0 Å². The van der Waals surface area contributed by atoms with E-state index in [0.717, 1.165) is 39.0 Å². The first-order chi connectivity index (χ1) is 22.6. The van der Waals surface area contributed by atoms with Gasteiger partial charge in [0.25, 0.3) is 0 Å². The minimum absolute atomic E-state index is 0.337. The van der Waals surface area contributed by atoms with Gasteiger partial charge in [-0.25, -0.2) is 8.93 Å². The second-order valence-electron chi connectivity index (χ2n) is 13.6. The number of hydrogen-bond donors (Lipinski definition) is 1. The Morgan fingerprint density at radius 3 is 1.83 bits per heavy atom. The van der Waals surface area contributed by atoms with Crippen LogP contribution in [0, 0.1) is 0 Å². The molecule has 6 aromatic rings. The highest BCUT2D eigenvalue weighted by molar-refractivity contribution is 7.84. The molecule has 0 fully saturated rings. The van der Waals surface area contributed by atoms with Crippen molar-refractivity contribution in [2.24, 2.45) is 0 Å². The molecule has 1 heterocycles. The molecule has 5 heteroatoms. The molecule has 2 atom stereocenters. The molecule has 6 aromatic carbocycles. The average Bonchev–Trinajstić information content (AvgIpc) is 3.08. The summed E-state index contributed by atoms with van der Waals surface area (Å²) in [6.45, 7) is 10.6. The molecular weight excluding hydrogens is 614 g/mol. The van der Waals surface area contributed by atoms with E-state index in [1.54, 1.807) is 0 Å². The van der Waals surface area contributed by atoms with Gasteiger partial charge in [0.15, 0.2) is 0 Å². The lowest BCUT2D eigenvalue weighted by molar-refractivity contribution is 0.413. The Morgan fingerprint density at radius 1 is 0.638 bits per heavy atom. The molecule has 236 valence electrons. The van der Waals surface area contributed by atoms with Gasteiger partial charge in [0, 0.05) is 27.4 Å². The molecule has 0 saturated heterocycles. The van der Waals surface area contributed by atoms with Gasteiger partial charge in [-0.2, -0.15) is 0 Å². The van der Waals surface area contributed by atoms with Crippen molar-refractivity contribution >= 4 is 45.6 Å². The number of para-hydroxylation sites is 2. The zero-order valence-corrected chi connectivity index (χ0v) is 29.2. The normalized spacial score (nSPS) is 15.0. The molecule has 0 radical (unpaired) electrons. The number of nitrogens with one attached hydrogen (secondary N) is 1. The standard InChI is InChI=1S/C42H40NO2PS/c1-41(2,3)47(44)43-38(33-24-14-18-29-17-12-13-23-32(29)33)34-25-15-26-35-39(34)45-40-36(42(35,4)5)27-16-28-37(40)46(30-19-8-6-9-20-30)31-21-10-7-11-22-31/h6-28,38,43H,1-5H3/t38-,47-/m1/s1. The maximum Gasteiger partial charge on any atom is 0.139 e. The van der Waals surface area contributed by atoms with Crippen LogP contribution >= 0.6 is 7.92 Å². The Labute approximate surface area is 282 Å². The van der Waals surface area contributed by atoms with E-state index in [9.17, 15) is 4.21 Å². The van der Waals surface area contributed by atoms with E-state index in [1.165, 1.54) is 21.5 Å². The van der Waals surface area contributed by atoms with Crippen molar-refractivity contribution in [3.05, 3.63) is 162 Å². The smallest absolute Gasteiger partial charge is 0.139 e. The first-order valence-corrected chi connectivity index (χ1v) is 18.6. The molecule has 1 aliphatic heterocycles. The third kappa shape index (κ3) is 5.84. The van der Waals surface area contributed by atoms with Gasteiger partial charge in [-0.05, 0) is 55.6 Å². The topological polar surface area (TPSA) is 38.3 Å². The molecule has 3 nitrogen and oxygen atoms in total. The fourth-order valence-electron chi connectivity index (χ4n) is 6.60. The van der Waals surface area contributed by atoms with Crippen LogP contribution in [0.3, 0.4) is 0 Å². The highest BCUT2D eigenvalue weighted by Crippen LogP contribution is 2.53. The van der Waals surface area contributed by atoms with E-state index >= 15 is 0 Å². The van der Waals surface area contributed by atoms with Gasteiger partial charge in [0.05, 0.1) is 21.8 Å².